The Kier molecular flexibility index (Phi) is 6.20. The number of piperidine rings is 1. The van der Waals surface area contributed by atoms with Crippen molar-refractivity contribution in [2.45, 2.75) is 46.1 Å². The molecule has 1 aliphatic rings. The minimum absolute atomic E-state index is 0.328. The van der Waals surface area contributed by atoms with Crippen molar-refractivity contribution in [3.8, 4) is 11.3 Å². The second kappa shape index (κ2) is 9.81. The van der Waals surface area contributed by atoms with E-state index < -0.39 is 0 Å². The minimum atomic E-state index is 0.328. The van der Waals surface area contributed by atoms with Gasteiger partial charge in [-0.25, -0.2) is 4.98 Å². The fraction of sp³-hybridized carbons (Fsp3) is 0.333. The molecule has 0 spiro atoms. The summed E-state index contributed by atoms with van der Waals surface area (Å²) in [7, 11) is 0. The first kappa shape index (κ1) is 23.4. The van der Waals surface area contributed by atoms with E-state index in [-0.39, 0.29) is 0 Å². The van der Waals surface area contributed by atoms with Gasteiger partial charge in [0.1, 0.15) is 0 Å². The van der Waals surface area contributed by atoms with Crippen LogP contribution in [0.3, 0.4) is 0 Å². The molecule has 1 fully saturated rings. The molecule has 1 aliphatic heterocycles. The summed E-state index contributed by atoms with van der Waals surface area (Å²) in [5.41, 5.74) is 6.25. The summed E-state index contributed by atoms with van der Waals surface area (Å²) in [4.78, 5) is 17.2. The molecule has 2 aromatic carbocycles. The van der Waals surface area contributed by atoms with Gasteiger partial charge in [-0.2, -0.15) is 19.6 Å². The summed E-state index contributed by atoms with van der Waals surface area (Å²) in [6, 6.07) is 20.9. The van der Waals surface area contributed by atoms with E-state index in [1.807, 2.05) is 22.8 Å². The first-order chi connectivity index (χ1) is 18.1. The third kappa shape index (κ3) is 4.61. The predicted molar refractivity (Wildman–Crippen MR) is 150 cm³/mol. The lowest BCUT2D eigenvalue weighted by Gasteiger charge is -2.30. The number of rotatable bonds is 6. The fourth-order valence-corrected chi connectivity index (χ4v) is 5.07. The SMILES string of the molecule is CC1CCN(c2nc(NCc3ccccc3-c3ccc4ccccc4n3)n3ncc(C(C)C)c3n2)CC1. The Balaban J connectivity index is 1.35. The first-order valence-corrected chi connectivity index (χ1v) is 13.3. The van der Waals surface area contributed by atoms with Gasteiger partial charge < -0.3 is 10.2 Å². The third-order valence-electron chi connectivity index (χ3n) is 7.40. The molecule has 3 aromatic heterocycles. The molecular weight excluding hydrogens is 458 g/mol. The van der Waals surface area contributed by atoms with E-state index >= 15 is 0 Å². The number of fused-ring (bicyclic) bond motifs is 2. The standard InChI is InChI=1S/C30H33N7/c1-20(2)25-19-32-37-28(25)34-30(36-16-14-21(3)15-17-36)35-29(37)31-18-23-9-4-6-10-24(23)27-13-12-22-8-5-7-11-26(22)33-27/h4-13,19-21H,14-18H2,1-3H3,(H,31,34,35). The molecule has 0 unspecified atom stereocenters. The van der Waals surface area contributed by atoms with E-state index in [4.69, 9.17) is 15.0 Å². The van der Waals surface area contributed by atoms with Gasteiger partial charge in [-0.05, 0) is 42.4 Å². The second-order valence-corrected chi connectivity index (χ2v) is 10.4. The molecule has 0 aliphatic carbocycles. The highest BCUT2D eigenvalue weighted by atomic mass is 15.4. The van der Waals surface area contributed by atoms with Gasteiger partial charge in [0, 0.05) is 36.1 Å². The number of hydrogen-bond acceptors (Lipinski definition) is 6. The number of benzene rings is 2. The highest BCUT2D eigenvalue weighted by Gasteiger charge is 2.22. The van der Waals surface area contributed by atoms with Crippen LogP contribution in [0.25, 0.3) is 27.8 Å². The van der Waals surface area contributed by atoms with Crippen molar-refractivity contribution in [1.82, 2.24) is 24.6 Å². The average Bonchev–Trinajstić information content (AvgIpc) is 3.37. The Bertz CT molecular complexity index is 1550. The van der Waals surface area contributed by atoms with Crippen LogP contribution in [0.15, 0.2) is 66.9 Å². The van der Waals surface area contributed by atoms with E-state index in [0.29, 0.717) is 18.4 Å². The highest BCUT2D eigenvalue weighted by Crippen LogP contribution is 2.28. The monoisotopic (exact) mass is 491 g/mol. The van der Waals surface area contributed by atoms with Gasteiger partial charge >= 0.3 is 0 Å². The number of nitrogens with one attached hydrogen (secondary N) is 1. The average molecular weight is 492 g/mol. The minimum Gasteiger partial charge on any atom is -0.350 e. The number of pyridine rings is 1. The van der Waals surface area contributed by atoms with E-state index in [9.17, 15) is 0 Å². The zero-order valence-corrected chi connectivity index (χ0v) is 21.7. The van der Waals surface area contributed by atoms with Crippen LogP contribution in [-0.4, -0.2) is 37.7 Å². The molecule has 188 valence electrons. The van der Waals surface area contributed by atoms with Crippen LogP contribution in [0.1, 0.15) is 50.7 Å². The van der Waals surface area contributed by atoms with Gasteiger partial charge in [-0.15, -0.1) is 0 Å². The van der Waals surface area contributed by atoms with Crippen molar-refractivity contribution in [3.05, 3.63) is 78.0 Å². The molecule has 0 radical (unpaired) electrons. The maximum atomic E-state index is 4.98. The van der Waals surface area contributed by atoms with Gasteiger partial charge in [-0.3, -0.25) is 0 Å². The summed E-state index contributed by atoms with van der Waals surface area (Å²) in [5, 5.41) is 9.39. The van der Waals surface area contributed by atoms with Crippen molar-refractivity contribution in [3.63, 3.8) is 0 Å². The molecule has 0 atom stereocenters. The molecule has 0 amide bonds. The highest BCUT2D eigenvalue weighted by molar-refractivity contribution is 5.82. The summed E-state index contributed by atoms with van der Waals surface area (Å²) in [5.74, 6) is 2.58. The first-order valence-electron chi connectivity index (χ1n) is 13.3. The molecule has 7 heteroatoms. The largest absolute Gasteiger partial charge is 0.350 e. The zero-order chi connectivity index (χ0) is 25.4. The van der Waals surface area contributed by atoms with Gasteiger partial charge in [0.05, 0.1) is 17.4 Å². The van der Waals surface area contributed by atoms with Gasteiger partial charge in [0.15, 0.2) is 5.65 Å². The van der Waals surface area contributed by atoms with Crippen LogP contribution >= 0.6 is 0 Å². The van der Waals surface area contributed by atoms with Crippen LogP contribution < -0.4 is 10.2 Å². The number of para-hydroxylation sites is 1. The smallest absolute Gasteiger partial charge is 0.230 e. The Labute approximate surface area is 217 Å². The number of hydrogen-bond donors (Lipinski definition) is 1. The lowest BCUT2D eigenvalue weighted by atomic mass is 10.00. The zero-order valence-electron chi connectivity index (χ0n) is 21.7. The van der Waals surface area contributed by atoms with Crippen LogP contribution in [0.2, 0.25) is 0 Å². The van der Waals surface area contributed by atoms with Crippen molar-refractivity contribution < 1.29 is 0 Å². The molecule has 0 bridgehead atoms. The number of nitrogens with zero attached hydrogens (tertiary/aromatic N) is 6. The van der Waals surface area contributed by atoms with E-state index in [2.05, 4.69) is 84.6 Å². The maximum absolute atomic E-state index is 4.98. The lowest BCUT2D eigenvalue weighted by Crippen LogP contribution is -2.34. The summed E-state index contributed by atoms with van der Waals surface area (Å²) >= 11 is 0. The second-order valence-electron chi connectivity index (χ2n) is 10.4. The van der Waals surface area contributed by atoms with Crippen molar-refractivity contribution in [2.75, 3.05) is 23.3 Å². The van der Waals surface area contributed by atoms with Gasteiger partial charge in [0.25, 0.3) is 0 Å². The van der Waals surface area contributed by atoms with E-state index in [1.54, 1.807) is 0 Å². The van der Waals surface area contributed by atoms with Crippen LogP contribution in [0.5, 0.6) is 0 Å². The Morgan fingerprint density at radius 1 is 0.919 bits per heavy atom. The van der Waals surface area contributed by atoms with Crippen LogP contribution in [0, 0.1) is 5.92 Å². The molecule has 7 nitrogen and oxygen atoms in total. The molecule has 0 saturated carbocycles. The third-order valence-corrected chi connectivity index (χ3v) is 7.40. The van der Waals surface area contributed by atoms with Crippen LogP contribution in [0.4, 0.5) is 11.9 Å². The maximum Gasteiger partial charge on any atom is 0.230 e. The molecule has 4 heterocycles. The molecular formula is C30H33N7. The molecule has 1 saturated heterocycles. The normalized spacial score (nSPS) is 14.6. The van der Waals surface area contributed by atoms with E-state index in [0.717, 1.165) is 63.9 Å². The van der Waals surface area contributed by atoms with Crippen molar-refractivity contribution in [2.24, 2.45) is 5.92 Å². The molecule has 1 N–H and O–H groups in total. The Hall–Kier alpha value is -4.00. The van der Waals surface area contributed by atoms with E-state index in [1.165, 1.54) is 12.8 Å². The number of anilines is 2. The van der Waals surface area contributed by atoms with Crippen molar-refractivity contribution in [1.29, 1.82) is 0 Å². The summed E-state index contributed by atoms with van der Waals surface area (Å²) < 4.78 is 1.85. The fourth-order valence-electron chi connectivity index (χ4n) is 5.07. The van der Waals surface area contributed by atoms with Gasteiger partial charge in [-0.1, -0.05) is 69.3 Å². The van der Waals surface area contributed by atoms with Crippen molar-refractivity contribution >= 4 is 28.4 Å². The molecule has 6 rings (SSSR count). The lowest BCUT2D eigenvalue weighted by molar-refractivity contribution is 0.434. The molecule has 5 aromatic rings. The Morgan fingerprint density at radius 2 is 1.70 bits per heavy atom. The number of aromatic nitrogens is 5. The quantitative estimate of drug-likeness (QED) is 0.300. The Morgan fingerprint density at radius 3 is 2.54 bits per heavy atom. The summed E-state index contributed by atoms with van der Waals surface area (Å²) in [6.07, 6.45) is 4.26. The van der Waals surface area contributed by atoms with Gasteiger partial charge in [0.2, 0.25) is 11.9 Å². The molecule has 37 heavy (non-hydrogen) atoms. The van der Waals surface area contributed by atoms with Crippen LogP contribution in [-0.2, 0) is 6.54 Å². The summed E-state index contributed by atoms with van der Waals surface area (Å²) in [6.45, 7) is 9.26. The topological polar surface area (TPSA) is 71.2 Å². The predicted octanol–water partition coefficient (Wildman–Crippen LogP) is 6.31.